The summed E-state index contributed by atoms with van der Waals surface area (Å²) >= 11 is 12.1. The molecule has 1 aromatic heterocycles. The minimum absolute atomic E-state index is 0.0515. The van der Waals surface area contributed by atoms with Crippen LogP contribution in [0, 0.1) is 5.82 Å². The third-order valence-electron chi connectivity index (χ3n) is 5.96. The Kier molecular flexibility index (Phi) is 6.11. The van der Waals surface area contributed by atoms with E-state index in [2.05, 4.69) is 10.3 Å². The van der Waals surface area contributed by atoms with Crippen LogP contribution in [0.15, 0.2) is 48.5 Å². The van der Waals surface area contributed by atoms with Crippen LogP contribution in [0.3, 0.4) is 0 Å². The molecule has 0 atom stereocenters. The molecular formula is C25H20Cl2FN5O3. The highest BCUT2D eigenvalue weighted by Crippen LogP contribution is 2.36. The number of nitrogens with two attached hydrogens (primary N) is 2. The molecule has 8 nitrogen and oxygen atoms in total. The van der Waals surface area contributed by atoms with Crippen molar-refractivity contribution in [3.63, 3.8) is 0 Å². The van der Waals surface area contributed by atoms with Crippen molar-refractivity contribution < 1.29 is 18.7 Å². The summed E-state index contributed by atoms with van der Waals surface area (Å²) in [6.07, 6.45) is 0.631. The van der Waals surface area contributed by atoms with E-state index in [1.54, 1.807) is 18.2 Å². The summed E-state index contributed by atoms with van der Waals surface area (Å²) in [4.78, 5) is 29.1. The van der Waals surface area contributed by atoms with Crippen LogP contribution >= 0.6 is 23.2 Å². The fourth-order valence-electron chi connectivity index (χ4n) is 4.30. The van der Waals surface area contributed by atoms with Crippen LogP contribution in [-0.2, 0) is 13.0 Å². The number of urea groups is 1. The van der Waals surface area contributed by atoms with Crippen LogP contribution in [0.2, 0.25) is 10.0 Å². The fourth-order valence-corrected chi connectivity index (χ4v) is 4.72. The highest BCUT2D eigenvalue weighted by atomic mass is 35.5. The average Bonchev–Trinajstić information content (AvgIpc) is 3.44. The van der Waals surface area contributed by atoms with E-state index >= 15 is 4.39 Å². The van der Waals surface area contributed by atoms with E-state index in [0.29, 0.717) is 29.4 Å². The average molecular weight is 528 g/mol. The van der Waals surface area contributed by atoms with Crippen LogP contribution < -0.4 is 26.4 Å². The molecule has 11 heteroatoms. The van der Waals surface area contributed by atoms with Gasteiger partial charge in [0, 0.05) is 52.0 Å². The number of rotatable bonds is 5. The molecule has 0 fully saturated rings. The highest BCUT2D eigenvalue weighted by Gasteiger charge is 2.26. The molecule has 0 aliphatic carbocycles. The van der Waals surface area contributed by atoms with Gasteiger partial charge in [0.1, 0.15) is 11.4 Å². The summed E-state index contributed by atoms with van der Waals surface area (Å²) in [6, 6.07) is 12.2. The zero-order chi connectivity index (χ0) is 25.6. The number of hydrogen-bond donors (Lipinski definition) is 4. The predicted octanol–water partition coefficient (Wildman–Crippen LogP) is 5.36. The van der Waals surface area contributed by atoms with Gasteiger partial charge in [-0.25, -0.2) is 9.18 Å². The number of hydrogen-bond acceptors (Lipinski definition) is 4. The van der Waals surface area contributed by atoms with E-state index in [0.717, 1.165) is 22.2 Å². The predicted molar refractivity (Wildman–Crippen MR) is 137 cm³/mol. The highest BCUT2D eigenvalue weighted by molar-refractivity contribution is 6.32. The topological polar surface area (TPSA) is 126 Å². The van der Waals surface area contributed by atoms with E-state index < -0.39 is 17.8 Å². The molecule has 36 heavy (non-hydrogen) atoms. The molecule has 0 saturated carbocycles. The molecule has 3 amide bonds. The van der Waals surface area contributed by atoms with Gasteiger partial charge >= 0.3 is 6.03 Å². The van der Waals surface area contributed by atoms with Crippen molar-refractivity contribution in [3.8, 4) is 11.5 Å². The number of anilines is 2. The maximum Gasteiger partial charge on any atom is 0.319 e. The van der Waals surface area contributed by atoms with Crippen molar-refractivity contribution in [2.24, 2.45) is 5.73 Å². The largest absolute Gasteiger partial charge is 0.453 e. The van der Waals surface area contributed by atoms with Crippen LogP contribution in [0.5, 0.6) is 11.5 Å². The van der Waals surface area contributed by atoms with Gasteiger partial charge in [-0.2, -0.15) is 0 Å². The molecule has 4 aromatic rings. The zero-order valence-electron chi connectivity index (χ0n) is 18.7. The van der Waals surface area contributed by atoms with Crippen molar-refractivity contribution in [1.82, 2.24) is 10.3 Å². The second-order valence-corrected chi connectivity index (χ2v) is 9.15. The third kappa shape index (κ3) is 4.38. The number of aromatic nitrogens is 1. The first-order chi connectivity index (χ1) is 17.2. The lowest BCUT2D eigenvalue weighted by molar-refractivity contribution is 0.0946. The minimum Gasteiger partial charge on any atom is -0.453 e. The van der Waals surface area contributed by atoms with E-state index in [1.807, 2.05) is 0 Å². The normalized spacial score (nSPS) is 12.6. The number of ether oxygens (including phenoxy) is 1. The molecule has 184 valence electrons. The SMILES string of the molecule is NC(=O)N1CCc2c1ccc1[nH]c(C(=O)NCc3ccc(Cl)c(Oc4cc(N)cc(Cl)c4)c3F)cc21. The van der Waals surface area contributed by atoms with Gasteiger partial charge < -0.3 is 26.5 Å². The number of fused-ring (bicyclic) bond motifs is 3. The van der Waals surface area contributed by atoms with Crippen LogP contribution in [-0.4, -0.2) is 23.5 Å². The monoisotopic (exact) mass is 527 g/mol. The van der Waals surface area contributed by atoms with Crippen LogP contribution in [0.4, 0.5) is 20.6 Å². The molecule has 1 aliphatic heterocycles. The van der Waals surface area contributed by atoms with Gasteiger partial charge in [-0.3, -0.25) is 9.69 Å². The second-order valence-electron chi connectivity index (χ2n) is 8.30. The van der Waals surface area contributed by atoms with Gasteiger partial charge in [0.05, 0.1) is 5.02 Å². The molecule has 3 aromatic carbocycles. The van der Waals surface area contributed by atoms with E-state index in [-0.39, 0.29) is 28.6 Å². The number of carbonyl (C=O) groups is 2. The van der Waals surface area contributed by atoms with Gasteiger partial charge in [-0.05, 0) is 48.4 Å². The van der Waals surface area contributed by atoms with Gasteiger partial charge in [-0.15, -0.1) is 0 Å². The minimum atomic E-state index is -0.720. The Morgan fingerprint density at radius 2 is 1.94 bits per heavy atom. The number of nitrogen functional groups attached to an aromatic ring is 1. The summed E-state index contributed by atoms with van der Waals surface area (Å²) in [5.74, 6) is -1.13. The van der Waals surface area contributed by atoms with Crippen molar-refractivity contribution >= 4 is 57.4 Å². The molecule has 0 radical (unpaired) electrons. The molecule has 5 rings (SSSR count). The van der Waals surface area contributed by atoms with Gasteiger partial charge in [-0.1, -0.05) is 29.3 Å². The number of nitrogens with zero attached hydrogens (tertiary/aromatic N) is 1. The number of benzene rings is 3. The van der Waals surface area contributed by atoms with Crippen LogP contribution in [0.25, 0.3) is 10.9 Å². The number of H-pyrrole nitrogens is 1. The van der Waals surface area contributed by atoms with Gasteiger partial charge in [0.15, 0.2) is 11.6 Å². The lowest BCUT2D eigenvalue weighted by Crippen LogP contribution is -2.33. The van der Waals surface area contributed by atoms with Crippen molar-refractivity contribution in [2.75, 3.05) is 17.2 Å². The summed E-state index contributed by atoms with van der Waals surface area (Å²) in [5.41, 5.74) is 14.5. The summed E-state index contributed by atoms with van der Waals surface area (Å²) < 4.78 is 20.8. The van der Waals surface area contributed by atoms with Crippen molar-refractivity contribution in [1.29, 1.82) is 0 Å². The lowest BCUT2D eigenvalue weighted by atomic mass is 10.1. The third-order valence-corrected chi connectivity index (χ3v) is 6.48. The first-order valence-electron chi connectivity index (χ1n) is 10.9. The van der Waals surface area contributed by atoms with Crippen molar-refractivity contribution in [2.45, 2.75) is 13.0 Å². The fraction of sp³-hybridized carbons (Fsp3) is 0.120. The number of primary amides is 1. The number of carbonyl (C=O) groups excluding carboxylic acids is 2. The number of nitrogens with one attached hydrogen (secondary N) is 2. The Balaban J connectivity index is 1.35. The Hall–Kier alpha value is -3.95. The first kappa shape index (κ1) is 23.8. The Morgan fingerprint density at radius 1 is 1.14 bits per heavy atom. The molecule has 0 unspecified atom stereocenters. The summed E-state index contributed by atoms with van der Waals surface area (Å²) in [7, 11) is 0. The molecule has 0 saturated heterocycles. The van der Waals surface area contributed by atoms with E-state index in [4.69, 9.17) is 39.4 Å². The van der Waals surface area contributed by atoms with E-state index in [1.165, 1.54) is 35.2 Å². The quantitative estimate of drug-likeness (QED) is 0.260. The maximum absolute atomic E-state index is 15.2. The Morgan fingerprint density at radius 3 is 2.69 bits per heavy atom. The zero-order valence-corrected chi connectivity index (χ0v) is 20.2. The summed E-state index contributed by atoms with van der Waals surface area (Å²) in [5, 5.41) is 3.92. The number of amides is 3. The first-order valence-corrected chi connectivity index (χ1v) is 11.7. The van der Waals surface area contributed by atoms with Crippen LogP contribution in [0.1, 0.15) is 21.6 Å². The second kappa shape index (κ2) is 9.25. The Labute approximate surface area is 214 Å². The maximum atomic E-state index is 15.2. The molecular weight excluding hydrogens is 508 g/mol. The lowest BCUT2D eigenvalue weighted by Gasteiger charge is -2.13. The van der Waals surface area contributed by atoms with Gasteiger partial charge in [0.25, 0.3) is 5.91 Å². The molecule has 1 aliphatic rings. The molecule has 0 bridgehead atoms. The smallest absolute Gasteiger partial charge is 0.319 e. The molecule has 2 heterocycles. The Bertz CT molecular complexity index is 1520. The standard InChI is InChI=1S/C25H20Cl2FN5O3/c26-13-7-14(29)9-15(8-13)36-23-18(27)2-1-12(22(23)28)11-31-24(34)20-10-17-16-5-6-33(25(30)35)21(16)4-3-19(17)32-20/h1-4,7-10,32H,5-6,11,29H2,(H2,30,35)(H,31,34). The number of aromatic amines is 1. The van der Waals surface area contributed by atoms with Gasteiger partial charge in [0.2, 0.25) is 0 Å². The van der Waals surface area contributed by atoms with Crippen molar-refractivity contribution in [3.05, 3.63) is 81.2 Å². The number of halogens is 3. The molecule has 0 spiro atoms. The van der Waals surface area contributed by atoms with E-state index in [9.17, 15) is 9.59 Å². The molecule has 6 N–H and O–H groups in total. The summed E-state index contributed by atoms with van der Waals surface area (Å²) in [6.45, 7) is 0.372.